The van der Waals surface area contributed by atoms with Crippen LogP contribution >= 0.6 is 33.9 Å². The molecule has 1 unspecified atom stereocenters. The lowest BCUT2D eigenvalue weighted by Gasteiger charge is -2.17. The summed E-state index contributed by atoms with van der Waals surface area (Å²) < 4.78 is 3.24. The smallest absolute Gasteiger partial charge is 0.0802 e. The van der Waals surface area contributed by atoms with Crippen LogP contribution in [0.4, 0.5) is 0 Å². The normalized spacial score (nSPS) is 12.9. The number of thiophene rings is 1. The van der Waals surface area contributed by atoms with Crippen LogP contribution < -0.4 is 5.32 Å². The van der Waals surface area contributed by atoms with Gasteiger partial charge in [-0.2, -0.15) is 0 Å². The number of nitrogens with one attached hydrogen (secondary N) is 1. The highest BCUT2D eigenvalue weighted by Gasteiger charge is 2.18. The summed E-state index contributed by atoms with van der Waals surface area (Å²) in [5, 5.41) is 13.8. The molecule has 1 N–H and O–H groups in total. The quantitative estimate of drug-likeness (QED) is 0.832. The van der Waals surface area contributed by atoms with E-state index in [0.29, 0.717) is 0 Å². The van der Waals surface area contributed by atoms with E-state index in [1.807, 2.05) is 10.9 Å². The Morgan fingerprint density at radius 1 is 1.53 bits per heavy atom. The Balaban J connectivity index is 2.35. The summed E-state index contributed by atoms with van der Waals surface area (Å²) >= 11 is 4.12. The van der Waals surface area contributed by atoms with E-state index in [0.717, 1.165) is 18.8 Å². The van der Waals surface area contributed by atoms with E-state index in [1.54, 1.807) is 11.3 Å². The highest BCUT2D eigenvalue weighted by molar-refractivity contribution is 14.1. The third-order valence-electron chi connectivity index (χ3n) is 2.57. The van der Waals surface area contributed by atoms with Crippen molar-refractivity contribution < 1.29 is 0 Å². The molecule has 2 rings (SSSR count). The summed E-state index contributed by atoms with van der Waals surface area (Å²) in [5.74, 6) is 0. The monoisotopic (exact) mass is 362 g/mol. The van der Waals surface area contributed by atoms with Gasteiger partial charge in [0.15, 0.2) is 0 Å². The first-order valence-electron chi connectivity index (χ1n) is 5.62. The van der Waals surface area contributed by atoms with Gasteiger partial charge in [-0.3, -0.25) is 0 Å². The first-order chi connectivity index (χ1) is 8.26. The maximum absolute atomic E-state index is 4.10. The number of nitrogens with zero attached hydrogens (tertiary/aromatic N) is 3. The van der Waals surface area contributed by atoms with Crippen molar-refractivity contribution >= 4 is 33.9 Å². The summed E-state index contributed by atoms with van der Waals surface area (Å²) in [6.07, 6.45) is 1.85. The zero-order chi connectivity index (χ0) is 12.3. The lowest BCUT2D eigenvalue weighted by molar-refractivity contribution is 0.535. The molecule has 17 heavy (non-hydrogen) atoms. The number of rotatable bonds is 5. The molecule has 2 aromatic rings. The zero-order valence-corrected chi connectivity index (χ0v) is 12.8. The molecule has 0 aliphatic carbocycles. The number of hydrogen-bond donors (Lipinski definition) is 1. The summed E-state index contributed by atoms with van der Waals surface area (Å²) in [6.45, 7) is 5.97. The molecule has 0 aliphatic heterocycles. The summed E-state index contributed by atoms with van der Waals surface area (Å²) in [7, 11) is 0. The number of aryl methyl sites for hydroxylation is 1. The van der Waals surface area contributed by atoms with E-state index in [9.17, 15) is 0 Å². The molecule has 0 aromatic carbocycles. The van der Waals surface area contributed by atoms with Crippen LogP contribution in [0.3, 0.4) is 0 Å². The summed E-state index contributed by atoms with van der Waals surface area (Å²) in [5.41, 5.74) is 2.42. The van der Waals surface area contributed by atoms with Gasteiger partial charge in [-0.05, 0) is 53.1 Å². The largest absolute Gasteiger partial charge is 0.305 e. The Labute approximate surface area is 119 Å². The Hall–Kier alpha value is -0.470. The van der Waals surface area contributed by atoms with Gasteiger partial charge in [0, 0.05) is 6.54 Å². The van der Waals surface area contributed by atoms with E-state index < -0.39 is 0 Å². The van der Waals surface area contributed by atoms with Gasteiger partial charge in [-0.15, -0.1) is 16.4 Å². The zero-order valence-electron chi connectivity index (χ0n) is 9.85. The number of halogens is 1. The lowest BCUT2D eigenvalue weighted by atomic mass is 10.1. The van der Waals surface area contributed by atoms with Gasteiger partial charge in [0.2, 0.25) is 0 Å². The van der Waals surface area contributed by atoms with Crippen molar-refractivity contribution in [2.75, 3.05) is 6.54 Å². The maximum Gasteiger partial charge on any atom is 0.0802 e. The minimum atomic E-state index is 0.190. The molecule has 92 valence electrons. The fourth-order valence-corrected chi connectivity index (χ4v) is 3.20. The van der Waals surface area contributed by atoms with Crippen LogP contribution in [0.1, 0.15) is 31.1 Å². The molecule has 0 saturated heterocycles. The fraction of sp³-hybridized carbons (Fsp3) is 0.455. The Bertz CT molecular complexity index is 479. The Morgan fingerprint density at radius 3 is 2.94 bits per heavy atom. The van der Waals surface area contributed by atoms with Gasteiger partial charge in [-0.25, -0.2) is 4.68 Å². The topological polar surface area (TPSA) is 42.7 Å². The van der Waals surface area contributed by atoms with Crippen molar-refractivity contribution in [1.82, 2.24) is 20.3 Å². The molecule has 0 saturated carbocycles. The van der Waals surface area contributed by atoms with E-state index in [1.165, 1.54) is 8.45 Å². The number of hydrogen-bond acceptors (Lipinski definition) is 4. The molecule has 2 aromatic heterocycles. The molecule has 0 spiro atoms. The minimum Gasteiger partial charge on any atom is -0.305 e. The molecule has 1 atom stereocenters. The average molecular weight is 362 g/mol. The van der Waals surface area contributed by atoms with E-state index >= 15 is 0 Å². The standard InChI is InChI=1S/C11H15IN4S/c1-3-13-11(8-5-10(12)17-7-8)9-6-14-15-16(9)4-2/h5-7,11,13H,3-4H2,1-2H3. The fourth-order valence-electron chi connectivity index (χ4n) is 1.81. The summed E-state index contributed by atoms with van der Waals surface area (Å²) in [4.78, 5) is 0. The van der Waals surface area contributed by atoms with Gasteiger partial charge in [0.05, 0.1) is 20.8 Å². The highest BCUT2D eigenvalue weighted by Crippen LogP contribution is 2.26. The van der Waals surface area contributed by atoms with Crippen molar-refractivity contribution in [3.63, 3.8) is 0 Å². The molecule has 0 bridgehead atoms. The van der Waals surface area contributed by atoms with Gasteiger partial charge < -0.3 is 5.32 Å². The van der Waals surface area contributed by atoms with Crippen LogP contribution in [0.5, 0.6) is 0 Å². The van der Waals surface area contributed by atoms with E-state index in [4.69, 9.17) is 0 Å². The van der Waals surface area contributed by atoms with Gasteiger partial charge in [0.25, 0.3) is 0 Å². The number of aromatic nitrogens is 3. The second kappa shape index (κ2) is 5.92. The highest BCUT2D eigenvalue weighted by atomic mass is 127. The van der Waals surface area contributed by atoms with Crippen LogP contribution in [-0.2, 0) is 6.54 Å². The van der Waals surface area contributed by atoms with Crippen molar-refractivity contribution in [2.24, 2.45) is 0 Å². The minimum absolute atomic E-state index is 0.190. The molecule has 6 heteroatoms. The third-order valence-corrected chi connectivity index (χ3v) is 4.38. The predicted octanol–water partition coefficient (Wildman–Crippen LogP) is 2.66. The average Bonchev–Trinajstić information content (AvgIpc) is 2.94. The second-order valence-corrected chi connectivity index (χ2v) is 6.45. The van der Waals surface area contributed by atoms with Crippen LogP contribution in [-0.4, -0.2) is 21.5 Å². The first kappa shape index (κ1) is 13.0. The Morgan fingerprint density at radius 2 is 2.35 bits per heavy atom. The molecule has 0 amide bonds. The van der Waals surface area contributed by atoms with E-state index in [2.05, 4.69) is 63.5 Å². The Kier molecular flexibility index (Phi) is 4.52. The SMILES string of the molecule is CCNC(c1csc(I)c1)c1cnnn1CC. The molecular weight excluding hydrogens is 347 g/mol. The molecule has 0 aliphatic rings. The van der Waals surface area contributed by atoms with Gasteiger partial charge >= 0.3 is 0 Å². The van der Waals surface area contributed by atoms with E-state index in [-0.39, 0.29) is 6.04 Å². The predicted molar refractivity (Wildman–Crippen MR) is 78.3 cm³/mol. The van der Waals surface area contributed by atoms with Crippen molar-refractivity contribution in [2.45, 2.75) is 26.4 Å². The van der Waals surface area contributed by atoms with Crippen LogP contribution in [0.25, 0.3) is 0 Å². The second-order valence-electron chi connectivity index (χ2n) is 3.65. The molecule has 0 radical (unpaired) electrons. The van der Waals surface area contributed by atoms with Crippen molar-refractivity contribution in [3.8, 4) is 0 Å². The van der Waals surface area contributed by atoms with Gasteiger partial charge in [0.1, 0.15) is 0 Å². The molecular formula is C11H15IN4S. The molecule has 4 nitrogen and oxygen atoms in total. The van der Waals surface area contributed by atoms with Crippen LogP contribution in [0, 0.1) is 2.88 Å². The molecule has 0 fully saturated rings. The third kappa shape index (κ3) is 2.86. The lowest BCUT2D eigenvalue weighted by Crippen LogP contribution is -2.24. The summed E-state index contributed by atoms with van der Waals surface area (Å²) in [6, 6.07) is 2.40. The molecule has 2 heterocycles. The van der Waals surface area contributed by atoms with Gasteiger partial charge in [-0.1, -0.05) is 12.1 Å². The van der Waals surface area contributed by atoms with Crippen LogP contribution in [0.2, 0.25) is 0 Å². The first-order valence-corrected chi connectivity index (χ1v) is 7.57. The van der Waals surface area contributed by atoms with Crippen LogP contribution in [0.15, 0.2) is 17.6 Å². The maximum atomic E-state index is 4.10. The van der Waals surface area contributed by atoms with Crippen molar-refractivity contribution in [3.05, 3.63) is 31.8 Å². The van der Waals surface area contributed by atoms with Crippen molar-refractivity contribution in [1.29, 1.82) is 0 Å².